The van der Waals surface area contributed by atoms with Crippen molar-refractivity contribution in [1.29, 1.82) is 0 Å². The summed E-state index contributed by atoms with van der Waals surface area (Å²) in [6.07, 6.45) is 9.37. The standard InChI is InChI=1S/C17H22N4O/c18-11-16(12-4-2-1-3-5-12)21-17(22)13-6-7-14-15(10-13)20-9-8-19-14/h6-10,12,16H,1-5,11,18H2,(H,21,22). The molecule has 1 aromatic carbocycles. The van der Waals surface area contributed by atoms with Crippen molar-refractivity contribution in [1.82, 2.24) is 15.3 Å². The average Bonchev–Trinajstić information content (AvgIpc) is 2.59. The Kier molecular flexibility index (Phi) is 4.63. The van der Waals surface area contributed by atoms with Crippen molar-refractivity contribution >= 4 is 16.9 Å². The number of amides is 1. The molecule has 1 unspecified atom stereocenters. The van der Waals surface area contributed by atoms with Gasteiger partial charge in [0, 0.05) is 30.5 Å². The van der Waals surface area contributed by atoms with E-state index in [4.69, 9.17) is 5.73 Å². The summed E-state index contributed by atoms with van der Waals surface area (Å²) in [4.78, 5) is 20.9. The largest absolute Gasteiger partial charge is 0.348 e. The van der Waals surface area contributed by atoms with E-state index in [0.717, 1.165) is 23.9 Å². The minimum atomic E-state index is -0.0754. The van der Waals surface area contributed by atoms with Gasteiger partial charge in [-0.15, -0.1) is 0 Å². The first-order valence-electron chi connectivity index (χ1n) is 7.99. The maximum atomic E-state index is 12.5. The van der Waals surface area contributed by atoms with Gasteiger partial charge in [-0.2, -0.15) is 0 Å². The molecular weight excluding hydrogens is 276 g/mol. The van der Waals surface area contributed by atoms with Crippen molar-refractivity contribution in [3.8, 4) is 0 Å². The molecule has 5 heteroatoms. The smallest absolute Gasteiger partial charge is 0.251 e. The fraction of sp³-hybridized carbons (Fsp3) is 0.471. The van der Waals surface area contributed by atoms with Crippen molar-refractivity contribution in [2.75, 3.05) is 6.54 Å². The van der Waals surface area contributed by atoms with Crippen LogP contribution in [0.3, 0.4) is 0 Å². The van der Waals surface area contributed by atoms with Crippen LogP contribution in [0.1, 0.15) is 42.5 Å². The van der Waals surface area contributed by atoms with Crippen LogP contribution in [0, 0.1) is 5.92 Å². The highest BCUT2D eigenvalue weighted by molar-refractivity contribution is 5.97. The number of fused-ring (bicyclic) bond motifs is 1. The number of nitrogens with one attached hydrogen (secondary N) is 1. The van der Waals surface area contributed by atoms with Gasteiger partial charge in [-0.25, -0.2) is 0 Å². The van der Waals surface area contributed by atoms with E-state index < -0.39 is 0 Å². The van der Waals surface area contributed by atoms with Crippen LogP contribution in [0.2, 0.25) is 0 Å². The monoisotopic (exact) mass is 298 g/mol. The number of aromatic nitrogens is 2. The van der Waals surface area contributed by atoms with Crippen LogP contribution in [0.15, 0.2) is 30.6 Å². The Bertz CT molecular complexity index is 652. The van der Waals surface area contributed by atoms with E-state index in [1.165, 1.54) is 19.3 Å². The molecule has 116 valence electrons. The minimum Gasteiger partial charge on any atom is -0.348 e. The van der Waals surface area contributed by atoms with Gasteiger partial charge in [-0.1, -0.05) is 19.3 Å². The quantitative estimate of drug-likeness (QED) is 0.907. The van der Waals surface area contributed by atoms with Gasteiger partial charge in [-0.3, -0.25) is 14.8 Å². The van der Waals surface area contributed by atoms with Gasteiger partial charge in [0.25, 0.3) is 5.91 Å². The van der Waals surface area contributed by atoms with Crippen molar-refractivity contribution < 1.29 is 4.79 Å². The van der Waals surface area contributed by atoms with Crippen LogP contribution in [-0.2, 0) is 0 Å². The Labute approximate surface area is 130 Å². The molecule has 22 heavy (non-hydrogen) atoms. The Morgan fingerprint density at radius 2 is 1.91 bits per heavy atom. The molecule has 1 heterocycles. The molecule has 0 spiro atoms. The summed E-state index contributed by atoms with van der Waals surface area (Å²) in [6, 6.07) is 5.47. The van der Waals surface area contributed by atoms with Crippen LogP contribution in [0.25, 0.3) is 11.0 Å². The van der Waals surface area contributed by atoms with E-state index in [1.807, 2.05) is 6.07 Å². The second-order valence-electron chi connectivity index (χ2n) is 5.97. The summed E-state index contributed by atoms with van der Waals surface area (Å²) < 4.78 is 0. The van der Waals surface area contributed by atoms with Crippen molar-refractivity contribution in [2.24, 2.45) is 11.7 Å². The predicted molar refractivity (Wildman–Crippen MR) is 86.4 cm³/mol. The number of rotatable bonds is 4. The highest BCUT2D eigenvalue weighted by atomic mass is 16.1. The summed E-state index contributed by atoms with van der Waals surface area (Å²) in [5.41, 5.74) is 8.02. The summed E-state index contributed by atoms with van der Waals surface area (Å²) in [5, 5.41) is 3.11. The van der Waals surface area contributed by atoms with E-state index in [2.05, 4.69) is 15.3 Å². The zero-order chi connectivity index (χ0) is 15.4. The Hall–Kier alpha value is -2.01. The molecule has 1 aromatic heterocycles. The van der Waals surface area contributed by atoms with E-state index in [9.17, 15) is 4.79 Å². The molecule has 5 nitrogen and oxygen atoms in total. The zero-order valence-electron chi connectivity index (χ0n) is 12.7. The fourth-order valence-corrected chi connectivity index (χ4v) is 3.26. The first-order valence-corrected chi connectivity index (χ1v) is 7.99. The SMILES string of the molecule is NCC(NC(=O)c1ccc2nccnc2c1)C1CCCCC1. The molecule has 1 atom stereocenters. The van der Waals surface area contributed by atoms with Gasteiger partial charge < -0.3 is 11.1 Å². The molecule has 0 bridgehead atoms. The molecule has 1 amide bonds. The fourth-order valence-electron chi connectivity index (χ4n) is 3.26. The highest BCUT2D eigenvalue weighted by Crippen LogP contribution is 2.26. The van der Waals surface area contributed by atoms with E-state index in [-0.39, 0.29) is 11.9 Å². The number of carbonyl (C=O) groups is 1. The summed E-state index contributed by atoms with van der Waals surface area (Å²) in [7, 11) is 0. The number of hydrogen-bond donors (Lipinski definition) is 2. The molecule has 1 aliphatic rings. The van der Waals surface area contributed by atoms with E-state index >= 15 is 0 Å². The maximum Gasteiger partial charge on any atom is 0.251 e. The second kappa shape index (κ2) is 6.83. The number of hydrogen-bond acceptors (Lipinski definition) is 4. The van der Waals surface area contributed by atoms with Crippen LogP contribution in [0.4, 0.5) is 0 Å². The molecule has 0 saturated heterocycles. The van der Waals surface area contributed by atoms with Crippen LogP contribution in [0.5, 0.6) is 0 Å². The molecule has 1 fully saturated rings. The third-order valence-corrected chi connectivity index (χ3v) is 4.52. The van der Waals surface area contributed by atoms with E-state index in [1.54, 1.807) is 24.5 Å². The maximum absolute atomic E-state index is 12.5. The Balaban J connectivity index is 1.73. The van der Waals surface area contributed by atoms with Gasteiger partial charge in [0.05, 0.1) is 11.0 Å². The molecule has 0 radical (unpaired) electrons. The molecule has 3 N–H and O–H groups in total. The molecule has 2 aromatic rings. The van der Waals surface area contributed by atoms with Gasteiger partial charge in [0.2, 0.25) is 0 Å². The van der Waals surface area contributed by atoms with Crippen molar-refractivity contribution in [3.05, 3.63) is 36.2 Å². The first-order chi connectivity index (χ1) is 10.8. The van der Waals surface area contributed by atoms with Gasteiger partial charge >= 0.3 is 0 Å². The molecular formula is C17H22N4O. The number of nitrogens with two attached hydrogens (primary N) is 1. The van der Waals surface area contributed by atoms with Gasteiger partial charge in [-0.05, 0) is 37.0 Å². The lowest BCUT2D eigenvalue weighted by Crippen LogP contribution is -2.45. The topological polar surface area (TPSA) is 80.9 Å². The number of carbonyl (C=O) groups excluding carboxylic acids is 1. The number of benzene rings is 1. The van der Waals surface area contributed by atoms with Crippen LogP contribution in [-0.4, -0.2) is 28.5 Å². The zero-order valence-corrected chi connectivity index (χ0v) is 12.7. The third-order valence-electron chi connectivity index (χ3n) is 4.52. The average molecular weight is 298 g/mol. The van der Waals surface area contributed by atoms with Gasteiger partial charge in [0.15, 0.2) is 0 Å². The normalized spacial score (nSPS) is 17.3. The lowest BCUT2D eigenvalue weighted by atomic mass is 9.84. The summed E-state index contributed by atoms with van der Waals surface area (Å²) >= 11 is 0. The molecule has 1 saturated carbocycles. The Morgan fingerprint density at radius 3 is 2.64 bits per heavy atom. The molecule has 3 rings (SSSR count). The summed E-state index contributed by atoms with van der Waals surface area (Å²) in [5.74, 6) is 0.427. The van der Waals surface area contributed by atoms with E-state index in [0.29, 0.717) is 18.0 Å². The third kappa shape index (κ3) is 3.25. The van der Waals surface area contributed by atoms with Crippen LogP contribution >= 0.6 is 0 Å². The molecule has 0 aliphatic heterocycles. The van der Waals surface area contributed by atoms with Crippen molar-refractivity contribution in [3.63, 3.8) is 0 Å². The second-order valence-corrected chi connectivity index (χ2v) is 5.97. The number of nitrogens with zero attached hydrogens (tertiary/aromatic N) is 2. The highest BCUT2D eigenvalue weighted by Gasteiger charge is 2.24. The Morgan fingerprint density at radius 1 is 1.18 bits per heavy atom. The summed E-state index contributed by atoms with van der Waals surface area (Å²) in [6.45, 7) is 0.490. The van der Waals surface area contributed by atoms with Gasteiger partial charge in [0.1, 0.15) is 0 Å². The minimum absolute atomic E-state index is 0.0605. The predicted octanol–water partition coefficient (Wildman–Crippen LogP) is 2.27. The molecule has 1 aliphatic carbocycles. The van der Waals surface area contributed by atoms with Crippen LogP contribution < -0.4 is 11.1 Å². The lowest BCUT2D eigenvalue weighted by Gasteiger charge is -2.30. The lowest BCUT2D eigenvalue weighted by molar-refractivity contribution is 0.0915. The van der Waals surface area contributed by atoms with Crippen molar-refractivity contribution in [2.45, 2.75) is 38.1 Å². The first kappa shape index (κ1) is 14.9.